The van der Waals surface area contributed by atoms with Gasteiger partial charge in [-0.25, -0.2) is 0 Å². The molecule has 3 N–H and O–H groups in total. The van der Waals surface area contributed by atoms with Crippen LogP contribution in [-0.2, 0) is 0 Å². The van der Waals surface area contributed by atoms with E-state index in [1.165, 1.54) is 38.9 Å². The minimum Gasteiger partial charge on any atom is -0.495 e. The standard InChI is InChI=1S/C18H30N4O/c1-15-8-7-13-22(14-15)12-6-5-11-20-18(19)21-16-9-3-4-10-17(16)23-2/h3-4,9-10,15H,5-8,11-14H2,1-2H3,(H3,19,20,21). The molecular formula is C18H30N4O. The quantitative estimate of drug-likeness (QED) is 0.461. The first-order valence-electron chi connectivity index (χ1n) is 8.61. The third-order valence-corrected chi connectivity index (χ3v) is 4.28. The normalized spacial score (nSPS) is 19.6. The summed E-state index contributed by atoms with van der Waals surface area (Å²) >= 11 is 0. The van der Waals surface area contributed by atoms with Crippen LogP contribution < -0.4 is 15.8 Å². The number of unbranched alkanes of at least 4 members (excludes halogenated alkanes) is 1. The summed E-state index contributed by atoms with van der Waals surface area (Å²) in [5, 5.41) is 3.10. The Morgan fingerprint density at radius 1 is 1.39 bits per heavy atom. The van der Waals surface area contributed by atoms with Crippen molar-refractivity contribution in [1.82, 2.24) is 4.90 Å². The summed E-state index contributed by atoms with van der Waals surface area (Å²) in [6.07, 6.45) is 4.97. The van der Waals surface area contributed by atoms with E-state index in [2.05, 4.69) is 22.1 Å². The maximum atomic E-state index is 5.95. The van der Waals surface area contributed by atoms with Gasteiger partial charge in [-0.15, -0.1) is 0 Å². The second kappa shape index (κ2) is 9.40. The van der Waals surface area contributed by atoms with E-state index in [9.17, 15) is 0 Å². The lowest BCUT2D eigenvalue weighted by Crippen LogP contribution is -2.35. The molecular weight excluding hydrogens is 288 g/mol. The Morgan fingerprint density at radius 2 is 2.22 bits per heavy atom. The van der Waals surface area contributed by atoms with E-state index in [1.807, 2.05) is 24.3 Å². The van der Waals surface area contributed by atoms with Gasteiger partial charge >= 0.3 is 0 Å². The number of rotatable bonds is 7. The minimum atomic E-state index is 0.445. The first kappa shape index (κ1) is 17.6. The van der Waals surface area contributed by atoms with Crippen molar-refractivity contribution in [3.05, 3.63) is 24.3 Å². The number of anilines is 1. The van der Waals surface area contributed by atoms with E-state index in [0.29, 0.717) is 5.96 Å². The van der Waals surface area contributed by atoms with Gasteiger partial charge in [-0.1, -0.05) is 19.1 Å². The Hall–Kier alpha value is -1.75. The van der Waals surface area contributed by atoms with Crippen molar-refractivity contribution >= 4 is 11.6 Å². The summed E-state index contributed by atoms with van der Waals surface area (Å²) < 4.78 is 5.29. The Bertz CT molecular complexity index is 504. The molecule has 0 aliphatic carbocycles. The lowest BCUT2D eigenvalue weighted by Gasteiger charge is -2.30. The van der Waals surface area contributed by atoms with Crippen LogP contribution in [0.4, 0.5) is 5.69 Å². The first-order chi connectivity index (χ1) is 11.2. The number of nitrogens with two attached hydrogens (primary N) is 1. The lowest BCUT2D eigenvalue weighted by molar-refractivity contribution is 0.181. The van der Waals surface area contributed by atoms with Crippen LogP contribution >= 0.6 is 0 Å². The zero-order valence-corrected chi connectivity index (χ0v) is 14.4. The summed E-state index contributed by atoms with van der Waals surface area (Å²) in [6.45, 7) is 6.80. The van der Waals surface area contributed by atoms with E-state index >= 15 is 0 Å². The number of para-hydroxylation sites is 2. The molecule has 1 aromatic carbocycles. The molecule has 1 aliphatic rings. The van der Waals surface area contributed by atoms with Gasteiger partial charge in [0.2, 0.25) is 0 Å². The highest BCUT2D eigenvalue weighted by molar-refractivity contribution is 5.93. The van der Waals surface area contributed by atoms with E-state index in [1.54, 1.807) is 7.11 Å². The third-order valence-electron chi connectivity index (χ3n) is 4.28. The molecule has 2 rings (SSSR count). The maximum Gasteiger partial charge on any atom is 0.193 e. The van der Waals surface area contributed by atoms with Crippen molar-refractivity contribution in [2.45, 2.75) is 32.6 Å². The number of guanidine groups is 1. The third kappa shape index (κ3) is 6.10. The molecule has 5 nitrogen and oxygen atoms in total. The summed E-state index contributed by atoms with van der Waals surface area (Å²) in [6, 6.07) is 7.70. The monoisotopic (exact) mass is 318 g/mol. The zero-order chi connectivity index (χ0) is 16.5. The van der Waals surface area contributed by atoms with E-state index in [0.717, 1.165) is 30.3 Å². The fourth-order valence-corrected chi connectivity index (χ4v) is 3.06. The van der Waals surface area contributed by atoms with Crippen molar-refractivity contribution in [3.8, 4) is 5.75 Å². The average molecular weight is 318 g/mol. The second-order valence-electron chi connectivity index (χ2n) is 6.35. The second-order valence-corrected chi connectivity index (χ2v) is 6.35. The molecule has 128 valence electrons. The molecule has 1 saturated heterocycles. The van der Waals surface area contributed by atoms with Crippen LogP contribution in [0.15, 0.2) is 29.3 Å². The summed E-state index contributed by atoms with van der Waals surface area (Å²) in [5.74, 6) is 2.06. The van der Waals surface area contributed by atoms with Gasteiger partial charge < -0.3 is 20.7 Å². The van der Waals surface area contributed by atoms with Gasteiger partial charge in [0.1, 0.15) is 5.75 Å². The van der Waals surface area contributed by atoms with Crippen LogP contribution in [0.25, 0.3) is 0 Å². The number of benzene rings is 1. The van der Waals surface area contributed by atoms with Crippen molar-refractivity contribution < 1.29 is 4.74 Å². The molecule has 0 bridgehead atoms. The SMILES string of the molecule is COc1ccccc1NC(N)=NCCCCN1CCCC(C)C1. The van der Waals surface area contributed by atoms with E-state index < -0.39 is 0 Å². The molecule has 5 heteroatoms. The summed E-state index contributed by atoms with van der Waals surface area (Å²) in [7, 11) is 1.65. The van der Waals surface area contributed by atoms with Gasteiger partial charge in [-0.3, -0.25) is 4.99 Å². The summed E-state index contributed by atoms with van der Waals surface area (Å²) in [5.41, 5.74) is 6.79. The number of likely N-dealkylation sites (tertiary alicyclic amines) is 1. The van der Waals surface area contributed by atoms with E-state index in [-0.39, 0.29) is 0 Å². The van der Waals surface area contributed by atoms with Crippen LogP contribution in [-0.4, -0.2) is 44.1 Å². The number of piperidine rings is 1. The van der Waals surface area contributed by atoms with Crippen molar-refractivity contribution in [3.63, 3.8) is 0 Å². The molecule has 1 heterocycles. The molecule has 1 unspecified atom stereocenters. The first-order valence-corrected chi connectivity index (χ1v) is 8.61. The molecule has 0 aromatic heterocycles. The van der Waals surface area contributed by atoms with Crippen LogP contribution in [0.2, 0.25) is 0 Å². The molecule has 0 spiro atoms. The number of hydrogen-bond donors (Lipinski definition) is 2. The predicted octanol–water partition coefficient (Wildman–Crippen LogP) is 2.93. The van der Waals surface area contributed by atoms with Crippen molar-refractivity contribution in [2.24, 2.45) is 16.6 Å². The number of nitrogens with zero attached hydrogens (tertiary/aromatic N) is 2. The molecule has 1 atom stereocenters. The van der Waals surface area contributed by atoms with Crippen LogP contribution in [0.3, 0.4) is 0 Å². The number of nitrogens with one attached hydrogen (secondary N) is 1. The zero-order valence-electron chi connectivity index (χ0n) is 14.4. The van der Waals surface area contributed by atoms with Crippen LogP contribution in [0, 0.1) is 5.92 Å². The average Bonchev–Trinajstić information content (AvgIpc) is 2.55. The highest BCUT2D eigenvalue weighted by atomic mass is 16.5. The minimum absolute atomic E-state index is 0.445. The van der Waals surface area contributed by atoms with Gasteiger partial charge in [-0.2, -0.15) is 0 Å². The Morgan fingerprint density at radius 3 is 3.00 bits per heavy atom. The number of hydrogen-bond acceptors (Lipinski definition) is 3. The number of methoxy groups -OCH3 is 1. The van der Waals surface area contributed by atoms with Gasteiger partial charge in [0.25, 0.3) is 0 Å². The molecule has 1 fully saturated rings. The van der Waals surface area contributed by atoms with Gasteiger partial charge in [0.05, 0.1) is 12.8 Å². The smallest absolute Gasteiger partial charge is 0.193 e. The van der Waals surface area contributed by atoms with Gasteiger partial charge in [-0.05, 0) is 56.8 Å². The molecule has 1 aliphatic heterocycles. The molecule has 0 amide bonds. The molecule has 0 saturated carbocycles. The van der Waals surface area contributed by atoms with Crippen LogP contribution in [0.1, 0.15) is 32.6 Å². The number of ether oxygens (including phenoxy) is 1. The van der Waals surface area contributed by atoms with Gasteiger partial charge in [0.15, 0.2) is 5.96 Å². The Kier molecular flexibility index (Phi) is 7.20. The predicted molar refractivity (Wildman–Crippen MR) is 97.2 cm³/mol. The van der Waals surface area contributed by atoms with Crippen molar-refractivity contribution in [2.75, 3.05) is 38.6 Å². The lowest BCUT2D eigenvalue weighted by atomic mass is 10.0. The number of aliphatic imine (C=N–C) groups is 1. The van der Waals surface area contributed by atoms with Gasteiger partial charge in [0, 0.05) is 13.1 Å². The fourth-order valence-electron chi connectivity index (χ4n) is 3.06. The molecule has 1 aromatic rings. The maximum absolute atomic E-state index is 5.95. The fraction of sp³-hybridized carbons (Fsp3) is 0.611. The van der Waals surface area contributed by atoms with Crippen molar-refractivity contribution in [1.29, 1.82) is 0 Å². The summed E-state index contributed by atoms with van der Waals surface area (Å²) in [4.78, 5) is 6.98. The molecule has 0 radical (unpaired) electrons. The Balaban J connectivity index is 1.67. The van der Waals surface area contributed by atoms with Crippen LogP contribution in [0.5, 0.6) is 5.75 Å². The topological polar surface area (TPSA) is 62.9 Å². The molecule has 23 heavy (non-hydrogen) atoms. The Labute approximate surface area is 139 Å². The highest BCUT2D eigenvalue weighted by Gasteiger charge is 2.15. The highest BCUT2D eigenvalue weighted by Crippen LogP contribution is 2.22. The largest absolute Gasteiger partial charge is 0.495 e. The van der Waals surface area contributed by atoms with E-state index in [4.69, 9.17) is 10.5 Å².